The molecule has 8 heteroatoms. The molecule has 0 bridgehead atoms. The average molecular weight is 486 g/mol. The quantitative estimate of drug-likeness (QED) is 0.433. The van der Waals surface area contributed by atoms with Crippen molar-refractivity contribution in [2.24, 2.45) is 0 Å². The van der Waals surface area contributed by atoms with Crippen LogP contribution in [-0.4, -0.2) is 50.6 Å². The van der Waals surface area contributed by atoms with Gasteiger partial charge in [0, 0.05) is 30.7 Å². The maximum absolute atomic E-state index is 13.8. The number of amides is 2. The molecule has 1 N–H and O–H groups in total. The predicted octanol–water partition coefficient (Wildman–Crippen LogP) is 4.92. The van der Waals surface area contributed by atoms with E-state index in [1.165, 1.54) is 0 Å². The molecule has 36 heavy (non-hydrogen) atoms. The molecule has 5 rings (SSSR count). The van der Waals surface area contributed by atoms with Crippen molar-refractivity contribution >= 4 is 22.8 Å². The number of fused-ring (bicyclic) bond motifs is 1. The number of aryl methyl sites for hydroxylation is 2. The van der Waals surface area contributed by atoms with Crippen LogP contribution in [0.1, 0.15) is 65.0 Å². The summed E-state index contributed by atoms with van der Waals surface area (Å²) in [4.78, 5) is 33.0. The SMILES string of the molecule is Cc1ccc(C(=O)NC2CCN(C(=O)c3cc(-c4ccccc4C)nc4c3cnn4C(C)C)CC2)o1. The van der Waals surface area contributed by atoms with Gasteiger partial charge in [-0.1, -0.05) is 24.3 Å². The van der Waals surface area contributed by atoms with Crippen molar-refractivity contribution in [2.45, 2.75) is 52.6 Å². The van der Waals surface area contributed by atoms with E-state index in [1.54, 1.807) is 18.3 Å². The fourth-order valence-corrected chi connectivity index (χ4v) is 4.78. The van der Waals surface area contributed by atoms with Crippen LogP contribution in [-0.2, 0) is 0 Å². The van der Waals surface area contributed by atoms with Gasteiger partial charge in [-0.3, -0.25) is 9.59 Å². The van der Waals surface area contributed by atoms with Crippen LogP contribution in [0.2, 0.25) is 0 Å². The molecule has 0 radical (unpaired) electrons. The highest BCUT2D eigenvalue weighted by molar-refractivity contribution is 6.06. The molecule has 8 nitrogen and oxygen atoms in total. The number of carbonyl (C=O) groups excluding carboxylic acids is 2. The van der Waals surface area contributed by atoms with Crippen molar-refractivity contribution in [3.8, 4) is 11.3 Å². The third-order valence-electron chi connectivity index (χ3n) is 6.79. The summed E-state index contributed by atoms with van der Waals surface area (Å²) in [5.41, 5.74) is 4.19. The number of aromatic nitrogens is 3. The summed E-state index contributed by atoms with van der Waals surface area (Å²) in [6, 6.07) is 13.5. The fourth-order valence-electron chi connectivity index (χ4n) is 4.78. The predicted molar refractivity (Wildman–Crippen MR) is 138 cm³/mol. The number of pyridine rings is 1. The first-order valence-corrected chi connectivity index (χ1v) is 12.4. The zero-order valence-corrected chi connectivity index (χ0v) is 21.1. The minimum atomic E-state index is -0.215. The maximum atomic E-state index is 13.8. The van der Waals surface area contributed by atoms with Gasteiger partial charge in [0.25, 0.3) is 11.8 Å². The second-order valence-electron chi connectivity index (χ2n) is 9.74. The number of likely N-dealkylation sites (tertiary alicyclic amines) is 1. The lowest BCUT2D eigenvalue weighted by atomic mass is 10.0. The number of benzene rings is 1. The van der Waals surface area contributed by atoms with E-state index in [1.807, 2.05) is 53.8 Å². The van der Waals surface area contributed by atoms with E-state index in [0.717, 1.165) is 22.2 Å². The third-order valence-corrected chi connectivity index (χ3v) is 6.79. The van der Waals surface area contributed by atoms with Crippen molar-refractivity contribution in [1.82, 2.24) is 25.0 Å². The van der Waals surface area contributed by atoms with Crippen molar-refractivity contribution in [3.05, 3.63) is 71.3 Å². The monoisotopic (exact) mass is 485 g/mol. The van der Waals surface area contributed by atoms with E-state index in [-0.39, 0.29) is 23.9 Å². The summed E-state index contributed by atoms with van der Waals surface area (Å²) in [5, 5.41) is 8.34. The van der Waals surface area contributed by atoms with Crippen LogP contribution >= 0.6 is 0 Å². The van der Waals surface area contributed by atoms with E-state index in [2.05, 4.69) is 24.3 Å². The molecular formula is C28H31N5O3. The van der Waals surface area contributed by atoms with Gasteiger partial charge in [-0.2, -0.15) is 5.10 Å². The van der Waals surface area contributed by atoms with E-state index < -0.39 is 0 Å². The number of rotatable bonds is 5. The highest BCUT2D eigenvalue weighted by atomic mass is 16.3. The van der Waals surface area contributed by atoms with Gasteiger partial charge in [0.05, 0.1) is 22.8 Å². The van der Waals surface area contributed by atoms with E-state index in [9.17, 15) is 9.59 Å². The highest BCUT2D eigenvalue weighted by Gasteiger charge is 2.28. The minimum absolute atomic E-state index is 0.00404. The Morgan fingerprint density at radius 2 is 1.83 bits per heavy atom. The number of carbonyl (C=O) groups is 2. The van der Waals surface area contributed by atoms with Crippen LogP contribution in [0.4, 0.5) is 0 Å². The fraction of sp³-hybridized carbons (Fsp3) is 0.357. The first kappa shape index (κ1) is 23.8. The Kier molecular flexibility index (Phi) is 6.35. The van der Waals surface area contributed by atoms with Crippen molar-refractivity contribution < 1.29 is 14.0 Å². The van der Waals surface area contributed by atoms with Crippen molar-refractivity contribution in [2.75, 3.05) is 13.1 Å². The number of hydrogen-bond donors (Lipinski definition) is 1. The van der Waals surface area contributed by atoms with Crippen LogP contribution < -0.4 is 5.32 Å². The Morgan fingerprint density at radius 1 is 1.08 bits per heavy atom. The zero-order valence-electron chi connectivity index (χ0n) is 21.1. The number of hydrogen-bond acceptors (Lipinski definition) is 5. The van der Waals surface area contributed by atoms with Crippen molar-refractivity contribution in [1.29, 1.82) is 0 Å². The molecule has 0 aliphatic carbocycles. The molecular weight excluding hydrogens is 454 g/mol. The van der Waals surface area contributed by atoms with Gasteiger partial charge >= 0.3 is 0 Å². The van der Waals surface area contributed by atoms with E-state index >= 15 is 0 Å². The molecule has 4 aromatic rings. The second kappa shape index (κ2) is 9.60. The first-order valence-electron chi connectivity index (χ1n) is 12.4. The lowest BCUT2D eigenvalue weighted by Crippen LogP contribution is -2.46. The van der Waals surface area contributed by atoms with Crippen LogP contribution in [0.25, 0.3) is 22.3 Å². The number of nitrogens with zero attached hydrogens (tertiary/aromatic N) is 4. The second-order valence-corrected chi connectivity index (χ2v) is 9.74. The Morgan fingerprint density at radius 3 is 2.50 bits per heavy atom. The minimum Gasteiger partial charge on any atom is -0.456 e. The molecule has 4 heterocycles. The number of piperidine rings is 1. The maximum Gasteiger partial charge on any atom is 0.287 e. The van der Waals surface area contributed by atoms with Crippen LogP contribution in [0.15, 0.2) is 53.1 Å². The van der Waals surface area contributed by atoms with Gasteiger partial charge in [0.1, 0.15) is 5.76 Å². The molecule has 186 valence electrons. The lowest BCUT2D eigenvalue weighted by Gasteiger charge is -2.32. The molecule has 3 aromatic heterocycles. The van der Waals surface area contributed by atoms with Gasteiger partial charge < -0.3 is 14.6 Å². The summed E-state index contributed by atoms with van der Waals surface area (Å²) in [7, 11) is 0. The molecule has 0 spiro atoms. The summed E-state index contributed by atoms with van der Waals surface area (Å²) in [6.45, 7) is 9.09. The largest absolute Gasteiger partial charge is 0.456 e. The Labute approximate surface area is 210 Å². The molecule has 1 aromatic carbocycles. The van der Waals surface area contributed by atoms with Crippen LogP contribution in [0.5, 0.6) is 0 Å². The van der Waals surface area contributed by atoms with Gasteiger partial charge in [0.15, 0.2) is 11.4 Å². The zero-order chi connectivity index (χ0) is 25.4. The summed E-state index contributed by atoms with van der Waals surface area (Å²) in [5.74, 6) is 0.769. The number of furan rings is 1. The normalized spacial score (nSPS) is 14.5. The van der Waals surface area contributed by atoms with E-state index in [0.29, 0.717) is 48.7 Å². The van der Waals surface area contributed by atoms with Crippen LogP contribution in [0.3, 0.4) is 0 Å². The summed E-state index contributed by atoms with van der Waals surface area (Å²) >= 11 is 0. The smallest absolute Gasteiger partial charge is 0.287 e. The molecule has 2 amide bonds. The molecule has 0 saturated carbocycles. The van der Waals surface area contributed by atoms with Crippen LogP contribution in [0, 0.1) is 13.8 Å². The van der Waals surface area contributed by atoms with Gasteiger partial charge in [-0.15, -0.1) is 0 Å². The molecule has 0 unspecified atom stereocenters. The Bertz CT molecular complexity index is 1430. The molecule has 1 aliphatic heterocycles. The molecule has 1 aliphatic rings. The Balaban J connectivity index is 1.39. The lowest BCUT2D eigenvalue weighted by molar-refractivity contribution is 0.0697. The topological polar surface area (TPSA) is 93.3 Å². The van der Waals surface area contributed by atoms with Gasteiger partial charge in [-0.05, 0) is 64.3 Å². The first-order chi connectivity index (χ1) is 17.3. The average Bonchev–Trinajstić information content (AvgIpc) is 3.50. The molecule has 0 atom stereocenters. The Hall–Kier alpha value is -3.94. The molecule has 1 fully saturated rings. The number of nitrogens with one attached hydrogen (secondary N) is 1. The van der Waals surface area contributed by atoms with Gasteiger partial charge in [0.2, 0.25) is 0 Å². The summed E-state index contributed by atoms with van der Waals surface area (Å²) in [6.07, 6.45) is 3.11. The highest BCUT2D eigenvalue weighted by Crippen LogP contribution is 2.29. The molecule has 1 saturated heterocycles. The van der Waals surface area contributed by atoms with E-state index in [4.69, 9.17) is 9.40 Å². The standard InChI is InChI=1S/C28H31N5O3/c1-17(2)33-26-23(16-29-33)22(15-24(31-26)21-8-6-5-7-18(21)3)28(35)32-13-11-20(12-14-32)30-27(34)25-10-9-19(4)36-25/h5-10,15-17,20H,11-14H2,1-4H3,(H,30,34). The third kappa shape index (κ3) is 4.51. The summed E-state index contributed by atoms with van der Waals surface area (Å²) < 4.78 is 7.30. The van der Waals surface area contributed by atoms with Gasteiger partial charge in [-0.25, -0.2) is 9.67 Å². The van der Waals surface area contributed by atoms with Crippen molar-refractivity contribution in [3.63, 3.8) is 0 Å².